The highest BCUT2D eigenvalue weighted by atomic mass is 16.4. The standard InChI is InChI=1S/C6H6O4/c7-3-1-2-5(8)4-6(9)10/h1H,2,4H2,(H,9,10). The van der Waals surface area contributed by atoms with Gasteiger partial charge in [0.2, 0.25) is 0 Å². The summed E-state index contributed by atoms with van der Waals surface area (Å²) in [4.78, 5) is 29.8. The fraction of sp³-hybridized carbons (Fsp3) is 0.333. The van der Waals surface area contributed by atoms with Crippen LogP contribution in [0, 0.1) is 0 Å². The van der Waals surface area contributed by atoms with Crippen molar-refractivity contribution < 1.29 is 19.5 Å². The number of allylic oxidation sites excluding steroid dienone is 1. The number of carboxylic acid groups (broad SMARTS) is 1. The minimum Gasteiger partial charge on any atom is -0.481 e. The molecule has 1 N–H and O–H groups in total. The highest BCUT2D eigenvalue weighted by Crippen LogP contribution is 1.88. The van der Waals surface area contributed by atoms with Crippen LogP contribution in [0.25, 0.3) is 0 Å². The van der Waals surface area contributed by atoms with Crippen molar-refractivity contribution in [3.8, 4) is 0 Å². The number of hydrogen-bond acceptors (Lipinski definition) is 3. The molecule has 0 saturated carbocycles. The van der Waals surface area contributed by atoms with Crippen LogP contribution in [0.15, 0.2) is 6.08 Å². The molecular formula is C6H6O4. The summed E-state index contributed by atoms with van der Waals surface area (Å²) in [5.74, 6) is -0.283. The van der Waals surface area contributed by atoms with E-state index in [0.29, 0.717) is 0 Å². The number of aliphatic carboxylic acids is 1. The van der Waals surface area contributed by atoms with Gasteiger partial charge in [-0.15, -0.1) is 0 Å². The fourth-order valence-corrected chi connectivity index (χ4v) is 0.396. The van der Waals surface area contributed by atoms with Gasteiger partial charge in [-0.3, -0.25) is 9.59 Å². The Morgan fingerprint density at radius 3 is 2.50 bits per heavy atom. The lowest BCUT2D eigenvalue weighted by molar-refractivity contribution is -0.140. The molecule has 0 heterocycles. The third-order valence-corrected chi connectivity index (χ3v) is 0.761. The molecule has 0 aromatic rings. The third-order valence-electron chi connectivity index (χ3n) is 0.761. The molecule has 4 nitrogen and oxygen atoms in total. The highest BCUT2D eigenvalue weighted by Gasteiger charge is 2.04. The number of carbonyl (C=O) groups is 2. The smallest absolute Gasteiger partial charge is 0.310 e. The molecule has 0 spiro atoms. The number of ketones is 1. The van der Waals surface area contributed by atoms with Gasteiger partial charge in [0, 0.05) is 12.5 Å². The minimum atomic E-state index is -1.18. The summed E-state index contributed by atoms with van der Waals surface area (Å²) in [6, 6.07) is 0. The molecule has 0 radical (unpaired) electrons. The summed E-state index contributed by atoms with van der Waals surface area (Å²) >= 11 is 0. The van der Waals surface area contributed by atoms with Crippen molar-refractivity contribution in [1.29, 1.82) is 0 Å². The summed E-state index contributed by atoms with van der Waals surface area (Å²) in [5.41, 5.74) is 0. The molecule has 0 aliphatic rings. The minimum absolute atomic E-state index is 0.143. The van der Waals surface area contributed by atoms with Crippen LogP contribution in [-0.4, -0.2) is 22.8 Å². The predicted octanol–water partition coefficient (Wildman–Crippen LogP) is -0.192. The first-order chi connectivity index (χ1) is 4.66. The molecule has 0 bridgehead atoms. The van der Waals surface area contributed by atoms with Crippen LogP contribution >= 0.6 is 0 Å². The van der Waals surface area contributed by atoms with Gasteiger partial charge in [-0.1, -0.05) is 0 Å². The van der Waals surface area contributed by atoms with Gasteiger partial charge in [-0.2, -0.15) is 0 Å². The molecule has 0 rings (SSSR count). The van der Waals surface area contributed by atoms with E-state index in [4.69, 9.17) is 5.11 Å². The maximum atomic E-state index is 10.4. The molecule has 0 unspecified atom stereocenters. The van der Waals surface area contributed by atoms with Gasteiger partial charge in [0.05, 0.1) is 0 Å². The maximum absolute atomic E-state index is 10.4. The van der Waals surface area contributed by atoms with Crippen molar-refractivity contribution in [2.24, 2.45) is 0 Å². The van der Waals surface area contributed by atoms with Crippen molar-refractivity contribution in [2.75, 3.05) is 0 Å². The Bertz CT molecular complexity index is 182. The van der Waals surface area contributed by atoms with Gasteiger partial charge in [-0.25, -0.2) is 4.79 Å². The van der Waals surface area contributed by atoms with Crippen molar-refractivity contribution in [1.82, 2.24) is 0 Å². The first-order valence-electron chi connectivity index (χ1n) is 2.59. The van der Waals surface area contributed by atoms with Gasteiger partial charge in [0.1, 0.15) is 18.1 Å². The molecule has 0 saturated heterocycles. The average Bonchev–Trinajstić information content (AvgIpc) is 1.82. The Kier molecular flexibility index (Phi) is 3.84. The molecule has 0 atom stereocenters. The van der Waals surface area contributed by atoms with Crippen molar-refractivity contribution in [3.05, 3.63) is 6.08 Å². The first kappa shape index (κ1) is 8.59. The number of hydrogen-bond donors (Lipinski definition) is 1. The Labute approximate surface area is 57.2 Å². The average molecular weight is 142 g/mol. The van der Waals surface area contributed by atoms with Gasteiger partial charge in [0.15, 0.2) is 0 Å². The van der Waals surface area contributed by atoms with E-state index in [2.05, 4.69) is 0 Å². The molecule has 4 heteroatoms. The Balaban J connectivity index is 3.64. The van der Waals surface area contributed by atoms with Gasteiger partial charge >= 0.3 is 5.97 Å². The zero-order chi connectivity index (χ0) is 7.98. The Morgan fingerprint density at radius 2 is 2.10 bits per heavy atom. The van der Waals surface area contributed by atoms with Crippen LogP contribution in [-0.2, 0) is 14.4 Å². The zero-order valence-corrected chi connectivity index (χ0v) is 5.16. The van der Waals surface area contributed by atoms with Crippen LogP contribution < -0.4 is 0 Å². The summed E-state index contributed by atoms with van der Waals surface area (Å²) in [7, 11) is 0. The van der Waals surface area contributed by atoms with Crippen LogP contribution in [0.5, 0.6) is 0 Å². The van der Waals surface area contributed by atoms with E-state index in [0.717, 1.165) is 6.08 Å². The molecule has 0 aromatic carbocycles. The van der Waals surface area contributed by atoms with E-state index in [1.165, 1.54) is 5.94 Å². The zero-order valence-electron chi connectivity index (χ0n) is 5.16. The molecule has 0 fully saturated rings. The topological polar surface area (TPSA) is 71.4 Å². The number of carboxylic acids is 1. The van der Waals surface area contributed by atoms with E-state index < -0.39 is 18.2 Å². The van der Waals surface area contributed by atoms with E-state index >= 15 is 0 Å². The number of rotatable bonds is 4. The lowest BCUT2D eigenvalue weighted by Crippen LogP contribution is -2.04. The Morgan fingerprint density at radius 1 is 1.50 bits per heavy atom. The molecular weight excluding hydrogens is 136 g/mol. The molecule has 54 valence electrons. The summed E-state index contributed by atoms with van der Waals surface area (Å²) in [5, 5.41) is 8.05. The number of carbonyl (C=O) groups excluding carboxylic acids is 2. The summed E-state index contributed by atoms with van der Waals surface area (Å²) in [6.45, 7) is 0. The second-order valence-corrected chi connectivity index (χ2v) is 1.64. The van der Waals surface area contributed by atoms with Crippen molar-refractivity contribution >= 4 is 17.7 Å². The Hall–Kier alpha value is -1.41. The van der Waals surface area contributed by atoms with Crippen LogP contribution in [0.2, 0.25) is 0 Å². The molecule has 0 aliphatic heterocycles. The highest BCUT2D eigenvalue weighted by molar-refractivity contribution is 5.95. The number of Topliss-reactive ketones (excluding diaryl/α,β-unsaturated/α-hetero) is 1. The van der Waals surface area contributed by atoms with Crippen LogP contribution in [0.1, 0.15) is 12.8 Å². The second-order valence-electron chi connectivity index (χ2n) is 1.64. The lowest BCUT2D eigenvalue weighted by Gasteiger charge is -1.87. The van der Waals surface area contributed by atoms with Crippen molar-refractivity contribution in [2.45, 2.75) is 12.8 Å². The fourth-order valence-electron chi connectivity index (χ4n) is 0.396. The van der Waals surface area contributed by atoms with E-state index in [1.807, 2.05) is 0 Å². The van der Waals surface area contributed by atoms with Gasteiger partial charge in [0.25, 0.3) is 0 Å². The quantitative estimate of drug-likeness (QED) is 0.436. The molecule has 0 amide bonds. The normalized spacial score (nSPS) is 8.00. The van der Waals surface area contributed by atoms with E-state index in [-0.39, 0.29) is 6.42 Å². The second kappa shape index (κ2) is 4.47. The summed E-state index contributed by atoms with van der Waals surface area (Å²) in [6.07, 6.45) is 0.291. The van der Waals surface area contributed by atoms with Crippen molar-refractivity contribution in [3.63, 3.8) is 0 Å². The predicted molar refractivity (Wildman–Crippen MR) is 32.1 cm³/mol. The van der Waals surface area contributed by atoms with Gasteiger partial charge < -0.3 is 5.11 Å². The van der Waals surface area contributed by atoms with E-state index in [9.17, 15) is 14.4 Å². The van der Waals surface area contributed by atoms with E-state index in [1.54, 1.807) is 0 Å². The third kappa shape index (κ3) is 4.74. The molecule has 0 aromatic heterocycles. The molecule has 10 heavy (non-hydrogen) atoms. The summed E-state index contributed by atoms with van der Waals surface area (Å²) < 4.78 is 0. The van der Waals surface area contributed by atoms with Gasteiger partial charge in [-0.05, 0) is 0 Å². The van der Waals surface area contributed by atoms with Crippen LogP contribution in [0.3, 0.4) is 0 Å². The lowest BCUT2D eigenvalue weighted by atomic mass is 10.2. The first-order valence-corrected chi connectivity index (χ1v) is 2.59. The maximum Gasteiger partial charge on any atom is 0.310 e. The molecule has 0 aliphatic carbocycles. The van der Waals surface area contributed by atoms with Crippen LogP contribution in [0.4, 0.5) is 0 Å². The largest absolute Gasteiger partial charge is 0.481 e. The SMILES string of the molecule is O=C=CCC(=O)CC(=O)O. The monoisotopic (exact) mass is 142 g/mol.